The molecule has 0 aliphatic heterocycles. The number of hydrogen-bond acceptors (Lipinski definition) is 7. The van der Waals surface area contributed by atoms with Gasteiger partial charge in [0.1, 0.15) is 19.8 Å². The van der Waals surface area contributed by atoms with Crippen LogP contribution in [0.4, 0.5) is 0 Å². The molecule has 0 aliphatic carbocycles. The van der Waals surface area contributed by atoms with Crippen LogP contribution in [0.3, 0.4) is 0 Å². The number of esters is 2. The topological polar surface area (TPSA) is 108 Å². The van der Waals surface area contributed by atoms with E-state index < -0.39 is 26.5 Å². The van der Waals surface area contributed by atoms with Crippen LogP contribution in [0.2, 0.25) is 0 Å². The van der Waals surface area contributed by atoms with Crippen molar-refractivity contribution in [1.29, 1.82) is 0 Å². The van der Waals surface area contributed by atoms with Gasteiger partial charge in [0.25, 0.3) is 0 Å². The summed E-state index contributed by atoms with van der Waals surface area (Å²) in [7, 11) is 1.48. The van der Waals surface area contributed by atoms with E-state index in [0.29, 0.717) is 17.4 Å². The summed E-state index contributed by atoms with van der Waals surface area (Å²) >= 11 is 0. The van der Waals surface area contributed by atoms with E-state index >= 15 is 0 Å². The predicted molar refractivity (Wildman–Crippen MR) is 344 cm³/mol. The lowest BCUT2D eigenvalue weighted by Crippen LogP contribution is -2.37. The molecule has 0 aliphatic rings. The second-order valence-electron chi connectivity index (χ2n) is 23.8. The maximum atomic E-state index is 12.9. The number of likely N-dealkylation sites (N-methyl/N-ethyl adjacent to an activating group) is 1. The number of nitrogens with zero attached hydrogens (tertiary/aromatic N) is 1. The molecule has 0 bridgehead atoms. The van der Waals surface area contributed by atoms with Crippen molar-refractivity contribution in [2.45, 2.75) is 315 Å². The Kier molecular flexibility index (Phi) is 59.1. The van der Waals surface area contributed by atoms with Crippen LogP contribution >= 0.6 is 7.82 Å². The number of carbonyl (C=O) groups excluding carboxylic acids is 2. The fourth-order valence-electron chi connectivity index (χ4n) is 9.57. The molecule has 0 amide bonds. The zero-order chi connectivity index (χ0) is 58.4. The fraction of sp³-hybridized carbons (Fsp3) is 0.800. The number of ether oxygens (including phenoxy) is 2. The molecule has 0 saturated heterocycles. The molecular weight excluding hydrogens is 1010 g/mol. The number of phosphoric acid groups is 1. The molecular formula is C70H129NO8P+. The van der Waals surface area contributed by atoms with Crippen LogP contribution in [0.15, 0.2) is 72.9 Å². The molecule has 0 aromatic carbocycles. The van der Waals surface area contributed by atoms with E-state index in [1.165, 1.54) is 212 Å². The molecule has 0 fully saturated rings. The average Bonchev–Trinajstić information content (AvgIpc) is 3.42. The van der Waals surface area contributed by atoms with Crippen LogP contribution in [-0.4, -0.2) is 74.9 Å². The summed E-state index contributed by atoms with van der Waals surface area (Å²) in [5.74, 6) is -0.786. The molecule has 10 heteroatoms. The van der Waals surface area contributed by atoms with E-state index in [9.17, 15) is 19.0 Å². The molecule has 466 valence electrons. The van der Waals surface area contributed by atoms with Crippen LogP contribution < -0.4 is 0 Å². The Bertz CT molecular complexity index is 1580. The number of carbonyl (C=O) groups is 2. The predicted octanol–water partition coefficient (Wildman–Crippen LogP) is 21.6. The van der Waals surface area contributed by atoms with Gasteiger partial charge >= 0.3 is 19.8 Å². The summed E-state index contributed by atoms with van der Waals surface area (Å²) in [5, 5.41) is 0. The van der Waals surface area contributed by atoms with Crippen LogP contribution in [0.25, 0.3) is 0 Å². The van der Waals surface area contributed by atoms with Gasteiger partial charge < -0.3 is 18.9 Å². The van der Waals surface area contributed by atoms with Gasteiger partial charge in [-0.25, -0.2) is 4.57 Å². The normalized spacial score (nSPS) is 13.6. The molecule has 1 N–H and O–H groups in total. The third-order valence-electron chi connectivity index (χ3n) is 14.7. The Morgan fingerprint density at radius 1 is 0.400 bits per heavy atom. The van der Waals surface area contributed by atoms with Gasteiger partial charge in [-0.05, 0) is 83.5 Å². The standard InChI is InChI=1S/C70H128NO8P/c1-6-8-10-12-14-16-18-20-22-24-26-28-30-32-33-34-35-36-37-39-41-43-45-47-49-51-53-55-57-59-61-63-70(73)79-68(67-78-80(74,75)77-65-64-71(3,4)5)66-76-69(72)62-60-58-56-54-52-50-48-46-44-42-40-38-31-29-27-25-23-21-19-17-15-13-11-9-7-2/h8,10,14,16,20,22,25-28,32-33,68H,6-7,9,11-13,15,17-19,21,23-24,29-31,34-67H2,1-5H3/p+1/b10-8-,16-14-,22-20-,27-25-,28-26-,33-32-. The largest absolute Gasteiger partial charge is 0.472 e. The Morgan fingerprint density at radius 2 is 0.713 bits per heavy atom. The van der Waals surface area contributed by atoms with Crippen molar-refractivity contribution >= 4 is 19.8 Å². The van der Waals surface area contributed by atoms with E-state index in [0.717, 1.165) is 64.2 Å². The first-order chi connectivity index (χ1) is 39.0. The molecule has 0 heterocycles. The Labute approximate surface area is 495 Å². The van der Waals surface area contributed by atoms with Crippen molar-refractivity contribution in [2.75, 3.05) is 47.5 Å². The lowest BCUT2D eigenvalue weighted by Gasteiger charge is -2.24. The molecule has 0 spiro atoms. The summed E-state index contributed by atoms with van der Waals surface area (Å²) in [4.78, 5) is 35.8. The monoisotopic (exact) mass is 1140 g/mol. The molecule has 9 nitrogen and oxygen atoms in total. The maximum absolute atomic E-state index is 12.9. The van der Waals surface area contributed by atoms with Gasteiger partial charge in [0, 0.05) is 12.8 Å². The van der Waals surface area contributed by atoms with Crippen molar-refractivity contribution in [1.82, 2.24) is 0 Å². The highest BCUT2D eigenvalue weighted by atomic mass is 31.2. The summed E-state index contributed by atoms with van der Waals surface area (Å²) in [6, 6.07) is 0. The third kappa shape index (κ3) is 64.6. The van der Waals surface area contributed by atoms with E-state index in [-0.39, 0.29) is 32.0 Å². The lowest BCUT2D eigenvalue weighted by atomic mass is 10.0. The summed E-state index contributed by atoms with van der Waals surface area (Å²) < 4.78 is 34.7. The van der Waals surface area contributed by atoms with Crippen LogP contribution in [0, 0.1) is 0 Å². The Balaban J connectivity index is 4.06. The van der Waals surface area contributed by atoms with Gasteiger partial charge in [0.2, 0.25) is 0 Å². The fourth-order valence-corrected chi connectivity index (χ4v) is 10.3. The van der Waals surface area contributed by atoms with Crippen molar-refractivity contribution in [3.05, 3.63) is 72.9 Å². The maximum Gasteiger partial charge on any atom is 0.472 e. The first-order valence-corrected chi connectivity index (χ1v) is 35.2. The first-order valence-electron chi connectivity index (χ1n) is 33.7. The Hall–Kier alpha value is -2.55. The van der Waals surface area contributed by atoms with Gasteiger partial charge in [-0.2, -0.15) is 0 Å². The first kappa shape index (κ1) is 77.5. The van der Waals surface area contributed by atoms with E-state index in [1.807, 2.05) is 21.1 Å². The summed E-state index contributed by atoms with van der Waals surface area (Å²) in [6.45, 7) is 4.36. The highest BCUT2D eigenvalue weighted by molar-refractivity contribution is 7.47. The summed E-state index contributed by atoms with van der Waals surface area (Å²) in [6.07, 6.45) is 81.4. The lowest BCUT2D eigenvalue weighted by molar-refractivity contribution is -0.870. The van der Waals surface area contributed by atoms with Gasteiger partial charge in [-0.3, -0.25) is 18.6 Å². The quantitative estimate of drug-likeness (QED) is 0.0211. The van der Waals surface area contributed by atoms with Gasteiger partial charge in [0.15, 0.2) is 6.10 Å². The Morgan fingerprint density at radius 3 is 1.07 bits per heavy atom. The van der Waals surface area contributed by atoms with Gasteiger partial charge in [-0.15, -0.1) is 0 Å². The van der Waals surface area contributed by atoms with Crippen LogP contribution in [0.5, 0.6) is 0 Å². The third-order valence-corrected chi connectivity index (χ3v) is 15.7. The number of rotatable bonds is 62. The van der Waals surface area contributed by atoms with Crippen LogP contribution in [-0.2, 0) is 32.7 Å². The van der Waals surface area contributed by atoms with Crippen molar-refractivity contribution in [3.8, 4) is 0 Å². The van der Waals surface area contributed by atoms with Gasteiger partial charge in [-0.1, -0.05) is 286 Å². The number of quaternary nitrogens is 1. The van der Waals surface area contributed by atoms with E-state index in [4.69, 9.17) is 18.5 Å². The van der Waals surface area contributed by atoms with Gasteiger partial charge in [0.05, 0.1) is 27.7 Å². The van der Waals surface area contributed by atoms with E-state index in [1.54, 1.807) is 0 Å². The SMILES string of the molecule is CC/C=C\C/C=C\C/C=C\C/C=C\C/C=C\CCCCCCCCCCCCCCCCCC(=O)OC(COC(=O)CCCCCCCCCCCCCCC/C=C\CCCCCCCCCC)COP(=O)(O)OCC[N+](C)(C)C. The smallest absolute Gasteiger partial charge is 0.462 e. The zero-order valence-corrected chi connectivity index (χ0v) is 54.0. The van der Waals surface area contributed by atoms with Crippen molar-refractivity contribution in [2.24, 2.45) is 0 Å². The molecule has 0 aromatic heterocycles. The van der Waals surface area contributed by atoms with Crippen molar-refractivity contribution < 1.29 is 42.1 Å². The molecule has 0 saturated carbocycles. The molecule has 0 radical (unpaired) electrons. The highest BCUT2D eigenvalue weighted by Crippen LogP contribution is 2.43. The molecule has 0 aromatic rings. The molecule has 2 unspecified atom stereocenters. The molecule has 0 rings (SSSR count). The van der Waals surface area contributed by atoms with Crippen molar-refractivity contribution in [3.63, 3.8) is 0 Å². The van der Waals surface area contributed by atoms with Crippen LogP contribution in [0.1, 0.15) is 309 Å². The minimum absolute atomic E-state index is 0.0312. The number of unbranched alkanes of at least 4 members (excludes halogenated alkanes) is 36. The minimum Gasteiger partial charge on any atom is -0.462 e. The number of allylic oxidation sites excluding steroid dienone is 12. The molecule has 80 heavy (non-hydrogen) atoms. The van der Waals surface area contributed by atoms with E-state index in [2.05, 4.69) is 86.8 Å². The molecule has 2 atom stereocenters. The zero-order valence-electron chi connectivity index (χ0n) is 53.1. The second kappa shape index (κ2) is 61.0. The summed E-state index contributed by atoms with van der Waals surface area (Å²) in [5.41, 5.74) is 0. The average molecular weight is 1140 g/mol. The highest BCUT2D eigenvalue weighted by Gasteiger charge is 2.27. The minimum atomic E-state index is -4.39. The number of phosphoric ester groups is 1. The number of hydrogen-bond donors (Lipinski definition) is 1. The second-order valence-corrected chi connectivity index (χ2v) is 25.3.